The molecule has 0 heterocycles. The Kier molecular flexibility index (Phi) is 3.23. The smallest absolute Gasteiger partial charge is 0.136 e. The molecule has 1 N–H and O–H groups in total. The zero-order valence-corrected chi connectivity index (χ0v) is 12.2. The second-order valence-electron chi connectivity index (χ2n) is 6.18. The van der Waals surface area contributed by atoms with Crippen molar-refractivity contribution in [3.8, 4) is 5.75 Å². The molecule has 1 spiro atoms. The molecule has 0 aliphatic heterocycles. The molecule has 2 unspecified atom stereocenters. The van der Waals surface area contributed by atoms with Gasteiger partial charge in [-0.05, 0) is 42.7 Å². The van der Waals surface area contributed by atoms with Crippen LogP contribution < -0.4 is 10.1 Å². The standard InChI is InChI=1S/C17H22FNO/c1-4-12-10-17(7-8-17)16(12)19-11(2)14-6-5-13(20-3)9-15(14)18/h5-6,9,12,16,19H,2,4,7-8,10H2,1,3H3. The van der Waals surface area contributed by atoms with Gasteiger partial charge in [0, 0.05) is 23.4 Å². The van der Waals surface area contributed by atoms with Gasteiger partial charge in [-0.1, -0.05) is 19.9 Å². The maximum absolute atomic E-state index is 14.1. The Hall–Kier alpha value is -1.51. The third-order valence-electron chi connectivity index (χ3n) is 5.05. The molecule has 0 amide bonds. The van der Waals surface area contributed by atoms with Gasteiger partial charge in [-0.2, -0.15) is 0 Å². The lowest BCUT2D eigenvalue weighted by atomic mass is 9.65. The van der Waals surface area contributed by atoms with Crippen LogP contribution in [0.4, 0.5) is 4.39 Å². The first-order valence-electron chi connectivity index (χ1n) is 7.39. The molecular weight excluding hydrogens is 253 g/mol. The summed E-state index contributed by atoms with van der Waals surface area (Å²) in [5.74, 6) is 0.961. The molecular formula is C17H22FNO. The third-order valence-corrected chi connectivity index (χ3v) is 5.05. The maximum atomic E-state index is 14.1. The van der Waals surface area contributed by atoms with E-state index in [0.29, 0.717) is 34.4 Å². The Morgan fingerprint density at radius 1 is 1.50 bits per heavy atom. The Morgan fingerprint density at radius 3 is 2.80 bits per heavy atom. The summed E-state index contributed by atoms with van der Waals surface area (Å²) in [6.45, 7) is 6.26. The van der Waals surface area contributed by atoms with Gasteiger partial charge in [-0.25, -0.2) is 4.39 Å². The van der Waals surface area contributed by atoms with E-state index >= 15 is 0 Å². The molecule has 20 heavy (non-hydrogen) atoms. The number of hydrogen-bond acceptors (Lipinski definition) is 2. The summed E-state index contributed by atoms with van der Waals surface area (Å²) in [7, 11) is 1.54. The van der Waals surface area contributed by atoms with Gasteiger partial charge < -0.3 is 10.1 Å². The van der Waals surface area contributed by atoms with E-state index < -0.39 is 0 Å². The number of halogens is 1. The first-order chi connectivity index (χ1) is 9.59. The van der Waals surface area contributed by atoms with Crippen molar-refractivity contribution in [2.24, 2.45) is 11.3 Å². The van der Waals surface area contributed by atoms with Crippen molar-refractivity contribution >= 4 is 5.70 Å². The van der Waals surface area contributed by atoms with Gasteiger partial charge in [-0.15, -0.1) is 0 Å². The minimum atomic E-state index is -0.279. The summed E-state index contributed by atoms with van der Waals surface area (Å²) in [6.07, 6.45) is 5.11. The molecule has 2 saturated carbocycles. The van der Waals surface area contributed by atoms with Gasteiger partial charge in [0.1, 0.15) is 11.6 Å². The molecule has 2 fully saturated rings. The Labute approximate surface area is 120 Å². The molecule has 1 aromatic rings. The van der Waals surface area contributed by atoms with E-state index in [1.807, 2.05) is 0 Å². The summed E-state index contributed by atoms with van der Waals surface area (Å²) in [5, 5.41) is 3.49. The fourth-order valence-corrected chi connectivity index (χ4v) is 3.57. The highest BCUT2D eigenvalue weighted by Gasteiger charge is 2.60. The van der Waals surface area contributed by atoms with Crippen LogP contribution in [0.3, 0.4) is 0 Å². The fraction of sp³-hybridized carbons (Fsp3) is 0.529. The quantitative estimate of drug-likeness (QED) is 0.878. The molecule has 108 valence electrons. The largest absolute Gasteiger partial charge is 0.497 e. The van der Waals surface area contributed by atoms with Crippen molar-refractivity contribution in [1.82, 2.24) is 5.32 Å². The third kappa shape index (κ3) is 2.09. The minimum absolute atomic E-state index is 0.279. The second kappa shape index (κ2) is 4.80. The predicted molar refractivity (Wildman–Crippen MR) is 79.0 cm³/mol. The van der Waals surface area contributed by atoms with E-state index in [0.717, 1.165) is 0 Å². The number of ether oxygens (including phenoxy) is 1. The van der Waals surface area contributed by atoms with E-state index in [1.165, 1.54) is 31.7 Å². The van der Waals surface area contributed by atoms with Crippen LogP contribution in [0, 0.1) is 17.2 Å². The van der Waals surface area contributed by atoms with Crippen molar-refractivity contribution < 1.29 is 9.13 Å². The molecule has 2 aliphatic carbocycles. The highest BCUT2D eigenvalue weighted by Crippen LogP contribution is 2.64. The number of hydrogen-bond donors (Lipinski definition) is 1. The van der Waals surface area contributed by atoms with Crippen LogP contribution in [0.25, 0.3) is 5.70 Å². The highest BCUT2D eigenvalue weighted by atomic mass is 19.1. The zero-order valence-electron chi connectivity index (χ0n) is 12.2. The summed E-state index contributed by atoms with van der Waals surface area (Å²) in [6, 6.07) is 5.40. The van der Waals surface area contributed by atoms with E-state index in [4.69, 9.17) is 4.74 Å². The van der Waals surface area contributed by atoms with Crippen LogP contribution in [0.5, 0.6) is 5.75 Å². The summed E-state index contributed by atoms with van der Waals surface area (Å²) in [5.41, 5.74) is 1.73. The maximum Gasteiger partial charge on any atom is 0.136 e. The van der Waals surface area contributed by atoms with E-state index in [-0.39, 0.29) is 5.82 Å². The van der Waals surface area contributed by atoms with Crippen LogP contribution >= 0.6 is 0 Å². The lowest BCUT2D eigenvalue weighted by Gasteiger charge is -2.47. The number of methoxy groups -OCH3 is 1. The van der Waals surface area contributed by atoms with Gasteiger partial charge in [0.05, 0.1) is 7.11 Å². The van der Waals surface area contributed by atoms with Gasteiger partial charge in [0.25, 0.3) is 0 Å². The molecule has 3 rings (SSSR count). The topological polar surface area (TPSA) is 21.3 Å². The van der Waals surface area contributed by atoms with E-state index in [1.54, 1.807) is 19.2 Å². The van der Waals surface area contributed by atoms with Gasteiger partial charge >= 0.3 is 0 Å². The van der Waals surface area contributed by atoms with Crippen molar-refractivity contribution in [2.75, 3.05) is 7.11 Å². The van der Waals surface area contributed by atoms with Gasteiger partial charge in [0.2, 0.25) is 0 Å². The SMILES string of the molecule is C=C(NC1C(CC)CC12CC2)c1ccc(OC)cc1F. The Morgan fingerprint density at radius 2 is 2.25 bits per heavy atom. The molecule has 2 aliphatic rings. The summed E-state index contributed by atoms with van der Waals surface area (Å²) in [4.78, 5) is 0. The van der Waals surface area contributed by atoms with Gasteiger partial charge in [-0.3, -0.25) is 0 Å². The van der Waals surface area contributed by atoms with Crippen LogP contribution in [0.15, 0.2) is 24.8 Å². The predicted octanol–water partition coefficient (Wildman–Crippen LogP) is 3.97. The fourth-order valence-electron chi connectivity index (χ4n) is 3.57. The molecule has 2 nitrogen and oxygen atoms in total. The normalized spacial score (nSPS) is 25.9. The minimum Gasteiger partial charge on any atom is -0.497 e. The second-order valence-corrected chi connectivity index (χ2v) is 6.18. The monoisotopic (exact) mass is 275 g/mol. The number of nitrogens with one attached hydrogen (secondary N) is 1. The summed E-state index contributed by atoms with van der Waals surface area (Å²) < 4.78 is 19.1. The van der Waals surface area contributed by atoms with Crippen LogP contribution in [-0.4, -0.2) is 13.2 Å². The average molecular weight is 275 g/mol. The van der Waals surface area contributed by atoms with Crippen molar-refractivity contribution in [3.05, 3.63) is 36.2 Å². The van der Waals surface area contributed by atoms with Crippen LogP contribution in [0.2, 0.25) is 0 Å². The summed E-state index contributed by atoms with van der Waals surface area (Å²) >= 11 is 0. The van der Waals surface area contributed by atoms with Gasteiger partial charge in [0.15, 0.2) is 0 Å². The molecule has 0 bridgehead atoms. The van der Waals surface area contributed by atoms with Crippen molar-refractivity contribution in [2.45, 2.75) is 38.6 Å². The zero-order chi connectivity index (χ0) is 14.3. The molecule has 0 saturated heterocycles. The lowest BCUT2D eigenvalue weighted by molar-refractivity contribution is 0.0973. The molecule has 0 radical (unpaired) electrons. The highest BCUT2D eigenvalue weighted by molar-refractivity contribution is 5.63. The van der Waals surface area contributed by atoms with E-state index in [9.17, 15) is 4.39 Å². The average Bonchev–Trinajstić information content (AvgIpc) is 3.24. The lowest BCUT2D eigenvalue weighted by Crippen LogP contribution is -2.52. The Bertz CT molecular complexity index is 536. The number of benzene rings is 1. The van der Waals surface area contributed by atoms with Crippen LogP contribution in [0.1, 0.15) is 38.2 Å². The van der Waals surface area contributed by atoms with E-state index in [2.05, 4.69) is 18.8 Å². The molecule has 0 aromatic heterocycles. The molecule has 3 heteroatoms. The van der Waals surface area contributed by atoms with Crippen LogP contribution in [-0.2, 0) is 0 Å². The van der Waals surface area contributed by atoms with Crippen molar-refractivity contribution in [1.29, 1.82) is 0 Å². The van der Waals surface area contributed by atoms with Crippen molar-refractivity contribution in [3.63, 3.8) is 0 Å². The Balaban J connectivity index is 1.73. The number of rotatable bonds is 5. The first kappa shape index (κ1) is 13.5. The first-order valence-corrected chi connectivity index (χ1v) is 7.39. The molecule has 1 aromatic carbocycles. The molecule has 2 atom stereocenters.